The van der Waals surface area contributed by atoms with Crippen molar-refractivity contribution in [2.45, 2.75) is 39.5 Å². The molecule has 1 amide bonds. The molecule has 1 aliphatic carbocycles. The molecule has 0 bridgehead atoms. The van der Waals surface area contributed by atoms with Crippen molar-refractivity contribution in [1.82, 2.24) is 5.32 Å². The average Bonchev–Trinajstić information content (AvgIpc) is 2.76. The Morgan fingerprint density at radius 2 is 2.24 bits per heavy atom. The van der Waals surface area contributed by atoms with Gasteiger partial charge in [0.15, 0.2) is 0 Å². The second-order valence-corrected chi connectivity index (χ2v) is 6.96. The fourth-order valence-electron chi connectivity index (χ4n) is 2.42. The fraction of sp³-hybridized carbons (Fsp3) is 0.600. The van der Waals surface area contributed by atoms with Crippen molar-refractivity contribution in [3.8, 4) is 6.07 Å². The van der Waals surface area contributed by atoms with Crippen molar-refractivity contribution in [2.75, 3.05) is 24.1 Å². The van der Waals surface area contributed by atoms with Gasteiger partial charge in [-0.05, 0) is 24.7 Å². The predicted octanol–water partition coefficient (Wildman–Crippen LogP) is 2.94. The number of nitrogens with zero attached hydrogens (tertiary/aromatic N) is 1. The normalized spacial score (nSPS) is 15.9. The van der Waals surface area contributed by atoms with E-state index in [0.717, 1.165) is 13.0 Å². The number of hydrogen-bond acceptors (Lipinski definition) is 5. The molecular formula is C15H22N4OS. The molecule has 4 N–H and O–H groups in total. The Bertz CT molecular complexity index is 569. The molecule has 0 aromatic carbocycles. The van der Waals surface area contributed by atoms with Gasteiger partial charge in [-0.2, -0.15) is 5.26 Å². The van der Waals surface area contributed by atoms with Crippen molar-refractivity contribution in [1.29, 1.82) is 5.26 Å². The van der Waals surface area contributed by atoms with Crippen molar-refractivity contribution < 1.29 is 4.79 Å². The summed E-state index contributed by atoms with van der Waals surface area (Å²) in [6, 6.07) is 2.11. The molecule has 2 rings (SSSR count). The van der Waals surface area contributed by atoms with Crippen LogP contribution in [-0.4, -0.2) is 19.0 Å². The molecule has 1 aromatic heterocycles. The van der Waals surface area contributed by atoms with Gasteiger partial charge in [0, 0.05) is 13.1 Å². The van der Waals surface area contributed by atoms with E-state index in [-0.39, 0.29) is 11.6 Å². The maximum Gasteiger partial charge on any atom is 0.263 e. The van der Waals surface area contributed by atoms with Crippen LogP contribution in [0.1, 0.15) is 54.8 Å². The lowest BCUT2D eigenvalue weighted by Crippen LogP contribution is -2.33. The zero-order valence-electron chi connectivity index (χ0n) is 12.6. The first kappa shape index (κ1) is 15.6. The highest BCUT2D eigenvalue weighted by Gasteiger charge is 2.32. The molecule has 1 aromatic rings. The van der Waals surface area contributed by atoms with E-state index in [1.54, 1.807) is 0 Å². The van der Waals surface area contributed by atoms with Crippen LogP contribution in [0.5, 0.6) is 0 Å². The molecule has 1 saturated carbocycles. The molecule has 0 saturated heterocycles. The molecule has 0 spiro atoms. The van der Waals surface area contributed by atoms with Crippen molar-refractivity contribution in [3.05, 3.63) is 10.4 Å². The van der Waals surface area contributed by atoms with E-state index in [1.807, 2.05) is 6.92 Å². The smallest absolute Gasteiger partial charge is 0.263 e. The van der Waals surface area contributed by atoms with Gasteiger partial charge in [-0.3, -0.25) is 4.79 Å². The molecule has 114 valence electrons. The van der Waals surface area contributed by atoms with Gasteiger partial charge >= 0.3 is 0 Å². The molecule has 1 fully saturated rings. The maximum absolute atomic E-state index is 12.1. The number of anilines is 2. The van der Waals surface area contributed by atoms with Crippen LogP contribution in [0, 0.1) is 16.7 Å². The van der Waals surface area contributed by atoms with E-state index in [2.05, 4.69) is 23.6 Å². The molecular weight excluding hydrogens is 284 g/mol. The minimum absolute atomic E-state index is 0.196. The van der Waals surface area contributed by atoms with Crippen LogP contribution >= 0.6 is 11.3 Å². The summed E-state index contributed by atoms with van der Waals surface area (Å²) in [6.07, 6.45) is 4.53. The first-order valence-corrected chi connectivity index (χ1v) is 8.17. The zero-order valence-corrected chi connectivity index (χ0v) is 13.4. The lowest BCUT2D eigenvalue weighted by Gasteiger charge is -2.38. The maximum atomic E-state index is 12.1. The quantitative estimate of drug-likeness (QED) is 0.753. The number of nitriles is 1. The summed E-state index contributed by atoms with van der Waals surface area (Å²) in [4.78, 5) is 12.5. The highest BCUT2D eigenvalue weighted by molar-refractivity contribution is 7.18. The van der Waals surface area contributed by atoms with Crippen LogP contribution in [0.15, 0.2) is 0 Å². The Hall–Kier alpha value is -1.74. The topological polar surface area (TPSA) is 90.9 Å². The summed E-state index contributed by atoms with van der Waals surface area (Å²) >= 11 is 1.27. The lowest BCUT2D eigenvalue weighted by atomic mass is 9.70. The van der Waals surface area contributed by atoms with E-state index >= 15 is 0 Å². The average molecular weight is 306 g/mol. The molecule has 21 heavy (non-hydrogen) atoms. The molecule has 0 radical (unpaired) electrons. The first-order chi connectivity index (χ1) is 10.0. The highest BCUT2D eigenvalue weighted by atomic mass is 32.1. The number of rotatable bonds is 6. The van der Waals surface area contributed by atoms with Gasteiger partial charge in [-0.15, -0.1) is 11.3 Å². The molecule has 0 unspecified atom stereocenters. The predicted molar refractivity (Wildman–Crippen MR) is 86.5 cm³/mol. The number of nitrogens with one attached hydrogen (secondary N) is 2. The van der Waals surface area contributed by atoms with Gasteiger partial charge in [0.1, 0.15) is 21.5 Å². The van der Waals surface area contributed by atoms with Crippen LogP contribution < -0.4 is 16.4 Å². The SMILES string of the molecule is CCCNC(=O)c1sc(NCC2(C)CCC2)c(C#N)c1N. The minimum Gasteiger partial charge on any atom is -0.396 e. The van der Waals surface area contributed by atoms with Gasteiger partial charge in [-0.1, -0.05) is 20.3 Å². The number of thiophene rings is 1. The van der Waals surface area contributed by atoms with Gasteiger partial charge in [-0.25, -0.2) is 0 Å². The highest BCUT2D eigenvalue weighted by Crippen LogP contribution is 2.42. The molecule has 0 atom stereocenters. The van der Waals surface area contributed by atoms with Crippen LogP contribution in [0.2, 0.25) is 0 Å². The number of amides is 1. The second kappa shape index (κ2) is 6.35. The van der Waals surface area contributed by atoms with Gasteiger partial charge < -0.3 is 16.4 Å². The summed E-state index contributed by atoms with van der Waals surface area (Å²) in [5.74, 6) is -0.196. The molecule has 1 heterocycles. The monoisotopic (exact) mass is 306 g/mol. The van der Waals surface area contributed by atoms with Crippen LogP contribution in [0.4, 0.5) is 10.7 Å². The first-order valence-electron chi connectivity index (χ1n) is 7.35. The van der Waals surface area contributed by atoms with Gasteiger partial charge in [0.2, 0.25) is 0 Å². The molecule has 5 nitrogen and oxygen atoms in total. The molecule has 0 aliphatic heterocycles. The number of carbonyl (C=O) groups is 1. The van der Waals surface area contributed by atoms with E-state index in [1.165, 1.54) is 30.6 Å². The summed E-state index contributed by atoms with van der Waals surface area (Å²) in [5.41, 5.74) is 6.94. The summed E-state index contributed by atoms with van der Waals surface area (Å²) in [7, 11) is 0. The molecule has 6 heteroatoms. The zero-order chi connectivity index (χ0) is 15.5. The number of hydrogen-bond donors (Lipinski definition) is 3. The fourth-order valence-corrected chi connectivity index (χ4v) is 3.40. The van der Waals surface area contributed by atoms with Crippen molar-refractivity contribution >= 4 is 27.9 Å². The van der Waals surface area contributed by atoms with Gasteiger partial charge in [0.25, 0.3) is 5.91 Å². The number of carbonyl (C=O) groups excluding carboxylic acids is 1. The number of nitrogens with two attached hydrogens (primary N) is 1. The molecule has 1 aliphatic rings. The summed E-state index contributed by atoms with van der Waals surface area (Å²) in [6.45, 7) is 5.66. The van der Waals surface area contributed by atoms with Crippen LogP contribution in [-0.2, 0) is 0 Å². The Morgan fingerprint density at radius 1 is 1.52 bits per heavy atom. The minimum atomic E-state index is -0.196. The van der Waals surface area contributed by atoms with Crippen molar-refractivity contribution in [2.24, 2.45) is 5.41 Å². The van der Waals surface area contributed by atoms with E-state index in [0.29, 0.717) is 27.4 Å². The Balaban J connectivity index is 2.13. The van der Waals surface area contributed by atoms with E-state index in [4.69, 9.17) is 5.73 Å². The van der Waals surface area contributed by atoms with Crippen molar-refractivity contribution in [3.63, 3.8) is 0 Å². The van der Waals surface area contributed by atoms with Crippen LogP contribution in [0.25, 0.3) is 0 Å². The third kappa shape index (κ3) is 3.30. The van der Waals surface area contributed by atoms with Gasteiger partial charge in [0.05, 0.1) is 5.69 Å². The lowest BCUT2D eigenvalue weighted by molar-refractivity contribution is 0.0958. The third-order valence-electron chi connectivity index (χ3n) is 4.04. The summed E-state index contributed by atoms with van der Waals surface area (Å²) < 4.78 is 0. The Morgan fingerprint density at radius 3 is 2.76 bits per heavy atom. The number of nitrogen functional groups attached to an aromatic ring is 1. The standard InChI is InChI=1S/C15H22N4OS/c1-3-7-18-13(20)12-11(17)10(8-16)14(21-12)19-9-15(2)5-4-6-15/h19H,3-7,9,17H2,1-2H3,(H,18,20). The van der Waals surface area contributed by atoms with E-state index in [9.17, 15) is 10.1 Å². The largest absolute Gasteiger partial charge is 0.396 e. The van der Waals surface area contributed by atoms with Crippen LogP contribution in [0.3, 0.4) is 0 Å². The van der Waals surface area contributed by atoms with E-state index < -0.39 is 0 Å². The third-order valence-corrected chi connectivity index (χ3v) is 5.20. The Kier molecular flexibility index (Phi) is 4.73. The second-order valence-electron chi connectivity index (χ2n) is 5.93. The Labute approximate surface area is 129 Å². The summed E-state index contributed by atoms with van der Waals surface area (Å²) in [5, 5.41) is 16.1.